The Morgan fingerprint density at radius 2 is 1.83 bits per heavy atom. The third kappa shape index (κ3) is 4.32. The number of pyridine rings is 1. The second-order valence-corrected chi connectivity index (χ2v) is 5.19. The number of hydrogen-bond acceptors (Lipinski definition) is 3. The highest BCUT2D eigenvalue weighted by atomic mass is 19.1. The van der Waals surface area contributed by atoms with Gasteiger partial charge in [0.25, 0.3) is 0 Å². The zero-order valence-corrected chi connectivity index (χ0v) is 12.7. The quantitative estimate of drug-likeness (QED) is 0.860. The van der Waals surface area contributed by atoms with Crippen molar-refractivity contribution >= 4 is 5.91 Å². The van der Waals surface area contributed by atoms with Crippen LogP contribution in [0.3, 0.4) is 0 Å². The van der Waals surface area contributed by atoms with E-state index in [0.29, 0.717) is 6.42 Å². The highest BCUT2D eigenvalue weighted by molar-refractivity contribution is 5.78. The van der Waals surface area contributed by atoms with Crippen molar-refractivity contribution in [2.45, 2.75) is 31.9 Å². The lowest BCUT2D eigenvalue weighted by atomic mass is 9.98. The van der Waals surface area contributed by atoms with Gasteiger partial charge in [-0.1, -0.05) is 13.0 Å². The van der Waals surface area contributed by atoms with Gasteiger partial charge in [0.05, 0.1) is 18.0 Å². The average Bonchev–Trinajstić information content (AvgIpc) is 2.53. The predicted molar refractivity (Wildman–Crippen MR) is 81.5 cm³/mol. The second kappa shape index (κ2) is 7.78. The van der Waals surface area contributed by atoms with Crippen molar-refractivity contribution < 1.29 is 18.7 Å². The van der Waals surface area contributed by atoms with Crippen LogP contribution in [-0.2, 0) is 11.2 Å². The molecule has 0 aliphatic heterocycles. The third-order valence-electron chi connectivity index (χ3n) is 3.58. The normalized spacial score (nSPS) is 13.4. The van der Waals surface area contributed by atoms with Crippen LogP contribution in [0.4, 0.5) is 8.78 Å². The number of aromatic nitrogens is 1. The fourth-order valence-corrected chi connectivity index (χ4v) is 2.34. The molecular formula is C17H18F2N2O2. The molecular weight excluding hydrogens is 302 g/mol. The summed E-state index contributed by atoms with van der Waals surface area (Å²) < 4.78 is 27.5. The molecule has 1 aromatic heterocycles. The fraction of sp³-hybridized carbons (Fsp3) is 0.294. The van der Waals surface area contributed by atoms with E-state index in [9.17, 15) is 18.7 Å². The molecule has 0 saturated heterocycles. The number of nitrogens with one attached hydrogen (secondary N) is 1. The number of nitrogens with zero attached hydrogens (tertiary/aromatic N) is 1. The molecule has 2 N–H and O–H groups in total. The zero-order chi connectivity index (χ0) is 16.8. The van der Waals surface area contributed by atoms with Gasteiger partial charge in [-0.25, -0.2) is 8.78 Å². The number of rotatable bonds is 6. The standard InChI is InChI=1S/C17H18F2N2O2/c1-2-14(17(23)16-12(18)4-3-5-13(16)19)21-15(22)10-11-6-8-20-9-7-11/h3-9,14,17,23H,2,10H2,1H3,(H,21,22)/t14-,17-/m1/s1. The maximum absolute atomic E-state index is 13.8. The molecule has 122 valence electrons. The summed E-state index contributed by atoms with van der Waals surface area (Å²) in [4.78, 5) is 15.9. The van der Waals surface area contributed by atoms with E-state index in [1.54, 1.807) is 31.5 Å². The zero-order valence-electron chi connectivity index (χ0n) is 12.7. The van der Waals surface area contributed by atoms with Crippen LogP contribution in [0, 0.1) is 11.6 Å². The van der Waals surface area contributed by atoms with Crippen molar-refractivity contribution in [2.24, 2.45) is 0 Å². The van der Waals surface area contributed by atoms with Crippen LogP contribution in [0.25, 0.3) is 0 Å². The van der Waals surface area contributed by atoms with Crippen molar-refractivity contribution in [3.05, 3.63) is 65.5 Å². The van der Waals surface area contributed by atoms with E-state index in [0.717, 1.165) is 17.7 Å². The summed E-state index contributed by atoms with van der Waals surface area (Å²) in [7, 11) is 0. The molecule has 2 rings (SSSR count). The number of amides is 1. The van der Waals surface area contributed by atoms with Gasteiger partial charge >= 0.3 is 0 Å². The van der Waals surface area contributed by atoms with Gasteiger partial charge in [0.1, 0.15) is 17.7 Å². The van der Waals surface area contributed by atoms with E-state index >= 15 is 0 Å². The third-order valence-corrected chi connectivity index (χ3v) is 3.58. The molecule has 1 aromatic carbocycles. The van der Waals surface area contributed by atoms with Gasteiger partial charge in [0, 0.05) is 12.4 Å². The van der Waals surface area contributed by atoms with Crippen LogP contribution < -0.4 is 5.32 Å². The summed E-state index contributed by atoms with van der Waals surface area (Å²) >= 11 is 0. The Morgan fingerprint density at radius 1 is 1.22 bits per heavy atom. The van der Waals surface area contributed by atoms with Crippen molar-refractivity contribution in [3.8, 4) is 0 Å². The van der Waals surface area contributed by atoms with Crippen molar-refractivity contribution in [2.75, 3.05) is 0 Å². The van der Waals surface area contributed by atoms with E-state index in [1.165, 1.54) is 6.07 Å². The minimum Gasteiger partial charge on any atom is -0.386 e. The fourth-order valence-electron chi connectivity index (χ4n) is 2.34. The first-order valence-corrected chi connectivity index (χ1v) is 7.33. The maximum atomic E-state index is 13.8. The summed E-state index contributed by atoms with van der Waals surface area (Å²) in [6, 6.07) is 6.00. The van der Waals surface area contributed by atoms with Crippen LogP contribution in [0.15, 0.2) is 42.7 Å². The Kier molecular flexibility index (Phi) is 5.76. The smallest absolute Gasteiger partial charge is 0.224 e. The molecule has 1 heterocycles. The minimum absolute atomic E-state index is 0.103. The van der Waals surface area contributed by atoms with Gasteiger partial charge in [0.15, 0.2) is 0 Å². The van der Waals surface area contributed by atoms with E-state index < -0.39 is 29.3 Å². The van der Waals surface area contributed by atoms with Crippen LogP contribution in [0.5, 0.6) is 0 Å². The summed E-state index contributed by atoms with van der Waals surface area (Å²) in [6.45, 7) is 1.72. The van der Waals surface area contributed by atoms with Gasteiger partial charge in [-0.3, -0.25) is 9.78 Å². The molecule has 0 fully saturated rings. The Bertz CT molecular complexity index is 645. The monoisotopic (exact) mass is 320 g/mol. The second-order valence-electron chi connectivity index (χ2n) is 5.19. The Morgan fingerprint density at radius 3 is 2.39 bits per heavy atom. The lowest BCUT2D eigenvalue weighted by Gasteiger charge is -2.24. The van der Waals surface area contributed by atoms with Gasteiger partial charge in [0.2, 0.25) is 5.91 Å². The molecule has 6 heteroatoms. The van der Waals surface area contributed by atoms with Crippen LogP contribution in [-0.4, -0.2) is 22.0 Å². The molecule has 23 heavy (non-hydrogen) atoms. The molecule has 0 aliphatic rings. The molecule has 0 spiro atoms. The molecule has 2 aromatic rings. The topological polar surface area (TPSA) is 62.2 Å². The first-order valence-electron chi connectivity index (χ1n) is 7.33. The first-order chi connectivity index (χ1) is 11.0. The number of halogens is 2. The lowest BCUT2D eigenvalue weighted by Crippen LogP contribution is -2.40. The number of hydrogen-bond donors (Lipinski definition) is 2. The number of aliphatic hydroxyl groups excluding tert-OH is 1. The molecule has 0 aliphatic carbocycles. The molecule has 0 unspecified atom stereocenters. The number of aliphatic hydroxyl groups is 1. The Hall–Kier alpha value is -2.34. The Balaban J connectivity index is 2.08. The number of carbonyl (C=O) groups is 1. The van der Waals surface area contributed by atoms with Crippen LogP contribution in [0.2, 0.25) is 0 Å². The highest BCUT2D eigenvalue weighted by Crippen LogP contribution is 2.24. The highest BCUT2D eigenvalue weighted by Gasteiger charge is 2.26. The van der Waals surface area contributed by atoms with E-state index in [2.05, 4.69) is 10.3 Å². The summed E-state index contributed by atoms with van der Waals surface area (Å²) in [5.41, 5.74) is 0.336. The lowest BCUT2D eigenvalue weighted by molar-refractivity contribution is -0.122. The SMILES string of the molecule is CC[C@@H](NC(=O)Cc1ccncc1)[C@@H](O)c1c(F)cccc1F. The summed E-state index contributed by atoms with van der Waals surface area (Å²) in [6.07, 6.45) is 2.12. The van der Waals surface area contributed by atoms with Gasteiger partial charge in [-0.05, 0) is 36.2 Å². The molecule has 4 nitrogen and oxygen atoms in total. The van der Waals surface area contributed by atoms with Crippen LogP contribution in [0.1, 0.15) is 30.6 Å². The van der Waals surface area contributed by atoms with Gasteiger partial charge in [-0.2, -0.15) is 0 Å². The van der Waals surface area contributed by atoms with E-state index in [4.69, 9.17) is 0 Å². The molecule has 0 saturated carbocycles. The number of carbonyl (C=O) groups excluding carboxylic acids is 1. The van der Waals surface area contributed by atoms with Gasteiger partial charge < -0.3 is 10.4 Å². The van der Waals surface area contributed by atoms with E-state index in [-0.39, 0.29) is 12.3 Å². The molecule has 0 bridgehead atoms. The van der Waals surface area contributed by atoms with Gasteiger partial charge in [-0.15, -0.1) is 0 Å². The predicted octanol–water partition coefficient (Wildman–Crippen LogP) is 2.53. The first kappa shape index (κ1) is 17.0. The largest absolute Gasteiger partial charge is 0.386 e. The molecule has 0 radical (unpaired) electrons. The Labute approximate surface area is 133 Å². The van der Waals surface area contributed by atoms with E-state index in [1.807, 2.05) is 0 Å². The molecule has 1 amide bonds. The summed E-state index contributed by atoms with van der Waals surface area (Å²) in [5.74, 6) is -2.00. The van der Waals surface area contributed by atoms with Crippen molar-refractivity contribution in [3.63, 3.8) is 0 Å². The summed E-state index contributed by atoms with van der Waals surface area (Å²) in [5, 5.41) is 12.9. The minimum atomic E-state index is -1.46. The number of benzene rings is 1. The van der Waals surface area contributed by atoms with Crippen LogP contribution >= 0.6 is 0 Å². The maximum Gasteiger partial charge on any atom is 0.224 e. The van der Waals surface area contributed by atoms with Crippen molar-refractivity contribution in [1.29, 1.82) is 0 Å². The molecule has 2 atom stereocenters. The van der Waals surface area contributed by atoms with Crippen molar-refractivity contribution in [1.82, 2.24) is 10.3 Å². The average molecular weight is 320 g/mol.